The van der Waals surface area contributed by atoms with Crippen LogP contribution in [0.1, 0.15) is 20.7 Å². The molecular formula is C27H30Cl2FN7O7S. The predicted molar refractivity (Wildman–Crippen MR) is 167 cm³/mol. The molecule has 242 valence electrons. The van der Waals surface area contributed by atoms with E-state index >= 15 is 0 Å². The van der Waals surface area contributed by atoms with Crippen LogP contribution in [-0.4, -0.2) is 106 Å². The van der Waals surface area contributed by atoms with Crippen molar-refractivity contribution < 1.29 is 37.1 Å². The van der Waals surface area contributed by atoms with E-state index in [1.807, 2.05) is 0 Å². The van der Waals surface area contributed by atoms with Crippen molar-refractivity contribution in [3.63, 3.8) is 0 Å². The van der Waals surface area contributed by atoms with Gasteiger partial charge in [0.15, 0.2) is 15.8 Å². The fourth-order valence-corrected chi connectivity index (χ4v) is 6.23. The molecule has 45 heavy (non-hydrogen) atoms. The number of guanidine groups is 1. The molecule has 0 aliphatic carbocycles. The first-order chi connectivity index (χ1) is 21.3. The van der Waals surface area contributed by atoms with Gasteiger partial charge in [0.25, 0.3) is 11.8 Å². The molecule has 2 heterocycles. The van der Waals surface area contributed by atoms with E-state index in [4.69, 9.17) is 23.2 Å². The van der Waals surface area contributed by atoms with E-state index in [0.29, 0.717) is 17.3 Å². The van der Waals surface area contributed by atoms with Gasteiger partial charge in [-0.15, -0.1) is 0 Å². The molecule has 2 aromatic rings. The van der Waals surface area contributed by atoms with E-state index in [1.165, 1.54) is 24.3 Å². The zero-order valence-corrected chi connectivity index (χ0v) is 25.9. The first-order valence-corrected chi connectivity index (χ1v) is 16.2. The number of anilines is 2. The number of sulfone groups is 1. The van der Waals surface area contributed by atoms with E-state index in [1.54, 1.807) is 17.0 Å². The van der Waals surface area contributed by atoms with Gasteiger partial charge in [-0.25, -0.2) is 22.6 Å². The number of benzene rings is 2. The highest BCUT2D eigenvalue weighted by Crippen LogP contribution is 2.31. The SMILES string of the molecule is O=C(CNC(=O)c1cccc(NC2=NCC(F)CN2)c1)NC[C@H](NC(=O)c1c(Cl)cc(N2CCS(=O)(=O)CC2)cc1Cl)C(=O)O. The van der Waals surface area contributed by atoms with Crippen LogP contribution in [0.2, 0.25) is 10.0 Å². The lowest BCUT2D eigenvalue weighted by atomic mass is 10.1. The lowest BCUT2D eigenvalue weighted by Crippen LogP contribution is -2.50. The Kier molecular flexibility index (Phi) is 11.1. The number of aliphatic carboxylic acids is 1. The van der Waals surface area contributed by atoms with Crippen LogP contribution in [0.25, 0.3) is 0 Å². The number of carbonyl (C=O) groups excluding carboxylic acids is 3. The van der Waals surface area contributed by atoms with Crippen LogP contribution in [0.4, 0.5) is 15.8 Å². The average Bonchev–Trinajstić information content (AvgIpc) is 2.98. The molecule has 6 N–H and O–H groups in total. The number of aliphatic imine (C=N–C) groups is 1. The summed E-state index contributed by atoms with van der Waals surface area (Å²) in [5.74, 6) is -3.37. The maximum absolute atomic E-state index is 13.2. The molecule has 0 aromatic heterocycles. The minimum atomic E-state index is -3.12. The number of alkyl halides is 1. The van der Waals surface area contributed by atoms with Crippen LogP contribution >= 0.6 is 23.2 Å². The number of hydrogen-bond donors (Lipinski definition) is 6. The molecule has 4 rings (SSSR count). The molecule has 0 bridgehead atoms. The third-order valence-corrected chi connectivity index (χ3v) is 9.01. The predicted octanol–water partition coefficient (Wildman–Crippen LogP) is 0.667. The minimum Gasteiger partial charge on any atom is -0.480 e. The Morgan fingerprint density at radius 3 is 2.38 bits per heavy atom. The summed E-state index contributed by atoms with van der Waals surface area (Å²) in [6, 6.07) is 7.61. The standard InChI is InChI=1S/C27H30Cl2FN7O7S/c28-19-9-18(37-4-6-45(43,44)7-5-37)10-20(29)23(19)25(40)36-21(26(41)42)13-31-22(38)14-32-24(39)15-2-1-3-17(8-15)35-27-33-11-16(30)12-34-27/h1-3,8-10,16,21H,4-7,11-14H2,(H,31,38)(H,32,39)(H,36,40)(H,41,42)(H2,33,34,35)/t21-/m0/s1. The highest BCUT2D eigenvalue weighted by atomic mass is 35.5. The normalized spacial score (nSPS) is 18.1. The molecule has 1 fully saturated rings. The first-order valence-electron chi connectivity index (χ1n) is 13.6. The number of nitrogens with zero attached hydrogens (tertiary/aromatic N) is 2. The second kappa shape index (κ2) is 14.8. The largest absolute Gasteiger partial charge is 0.480 e. The molecular weight excluding hydrogens is 656 g/mol. The zero-order valence-electron chi connectivity index (χ0n) is 23.6. The summed E-state index contributed by atoms with van der Waals surface area (Å²) in [6.07, 6.45) is -1.08. The van der Waals surface area contributed by atoms with Crippen molar-refractivity contribution in [1.29, 1.82) is 0 Å². The molecule has 2 atom stereocenters. The van der Waals surface area contributed by atoms with Crippen LogP contribution in [0, 0.1) is 0 Å². The zero-order chi connectivity index (χ0) is 32.7. The Bertz CT molecular complexity index is 1590. The van der Waals surface area contributed by atoms with Gasteiger partial charge in [0.1, 0.15) is 12.2 Å². The second-order valence-corrected chi connectivity index (χ2v) is 13.3. The van der Waals surface area contributed by atoms with Crippen molar-refractivity contribution in [2.75, 3.05) is 61.0 Å². The topological polar surface area (TPSA) is 198 Å². The van der Waals surface area contributed by atoms with Gasteiger partial charge in [0.05, 0.1) is 46.7 Å². The Balaban J connectivity index is 1.28. The minimum absolute atomic E-state index is 0.0156. The van der Waals surface area contributed by atoms with Crippen LogP contribution in [0.15, 0.2) is 41.4 Å². The third-order valence-electron chi connectivity index (χ3n) is 6.81. The average molecular weight is 687 g/mol. The van der Waals surface area contributed by atoms with Gasteiger partial charge in [-0.05, 0) is 30.3 Å². The lowest BCUT2D eigenvalue weighted by molar-refractivity contribution is -0.139. The van der Waals surface area contributed by atoms with Crippen molar-refractivity contribution in [3.8, 4) is 0 Å². The molecule has 1 unspecified atom stereocenters. The van der Waals surface area contributed by atoms with Gasteiger partial charge in [0.2, 0.25) is 5.91 Å². The van der Waals surface area contributed by atoms with Crippen LogP contribution in [0.3, 0.4) is 0 Å². The molecule has 18 heteroatoms. The summed E-state index contributed by atoms with van der Waals surface area (Å²) in [5, 5.41) is 22.2. The number of halogens is 3. The highest BCUT2D eigenvalue weighted by molar-refractivity contribution is 7.91. The molecule has 2 aliphatic rings. The summed E-state index contributed by atoms with van der Waals surface area (Å²) >= 11 is 12.6. The first kappa shape index (κ1) is 33.7. The Morgan fingerprint density at radius 1 is 1.07 bits per heavy atom. The number of carbonyl (C=O) groups is 4. The Labute approximate surface area is 267 Å². The van der Waals surface area contributed by atoms with Gasteiger partial charge >= 0.3 is 5.97 Å². The van der Waals surface area contributed by atoms with Gasteiger partial charge < -0.3 is 36.6 Å². The summed E-state index contributed by atoms with van der Waals surface area (Å²) in [5.41, 5.74) is 1.04. The Morgan fingerprint density at radius 2 is 1.76 bits per heavy atom. The number of hydrogen-bond acceptors (Lipinski definition) is 10. The maximum atomic E-state index is 13.2. The quantitative estimate of drug-likeness (QED) is 0.207. The molecule has 0 spiro atoms. The monoisotopic (exact) mass is 685 g/mol. The van der Waals surface area contributed by atoms with Crippen molar-refractivity contribution >= 4 is 74.1 Å². The van der Waals surface area contributed by atoms with Gasteiger partial charge in [-0.1, -0.05) is 29.3 Å². The summed E-state index contributed by atoms with van der Waals surface area (Å²) in [6.45, 7) is -0.427. The highest BCUT2D eigenvalue weighted by Gasteiger charge is 2.27. The fourth-order valence-electron chi connectivity index (χ4n) is 4.38. The van der Waals surface area contributed by atoms with Gasteiger partial charge in [-0.3, -0.25) is 14.4 Å². The van der Waals surface area contributed by atoms with Crippen molar-refractivity contribution in [3.05, 3.63) is 57.6 Å². The maximum Gasteiger partial charge on any atom is 0.328 e. The summed E-state index contributed by atoms with van der Waals surface area (Å²) in [4.78, 5) is 55.5. The molecule has 3 amide bonds. The number of carboxylic acid groups (broad SMARTS) is 1. The summed E-state index contributed by atoms with van der Waals surface area (Å²) < 4.78 is 36.7. The molecule has 0 radical (unpaired) electrons. The van der Waals surface area contributed by atoms with Crippen molar-refractivity contribution in [1.82, 2.24) is 21.3 Å². The fraction of sp³-hybridized carbons (Fsp3) is 0.370. The van der Waals surface area contributed by atoms with E-state index in [-0.39, 0.29) is 58.9 Å². The summed E-state index contributed by atoms with van der Waals surface area (Å²) in [7, 11) is -3.12. The second-order valence-electron chi connectivity index (χ2n) is 10.1. The van der Waals surface area contributed by atoms with Crippen LogP contribution in [0.5, 0.6) is 0 Å². The number of rotatable bonds is 10. The number of carboxylic acids is 1. The molecule has 2 aliphatic heterocycles. The van der Waals surface area contributed by atoms with Crippen LogP contribution in [-0.2, 0) is 19.4 Å². The lowest BCUT2D eigenvalue weighted by Gasteiger charge is -2.29. The molecule has 0 saturated carbocycles. The van der Waals surface area contributed by atoms with Gasteiger partial charge in [-0.2, -0.15) is 0 Å². The van der Waals surface area contributed by atoms with E-state index in [2.05, 4.69) is 31.6 Å². The van der Waals surface area contributed by atoms with Gasteiger partial charge in [0, 0.05) is 36.6 Å². The van der Waals surface area contributed by atoms with Crippen molar-refractivity contribution in [2.45, 2.75) is 12.2 Å². The smallest absolute Gasteiger partial charge is 0.328 e. The van der Waals surface area contributed by atoms with E-state index in [0.717, 1.165) is 0 Å². The van der Waals surface area contributed by atoms with E-state index in [9.17, 15) is 37.1 Å². The van der Waals surface area contributed by atoms with Crippen LogP contribution < -0.4 is 31.5 Å². The van der Waals surface area contributed by atoms with E-state index < -0.39 is 58.8 Å². The molecule has 14 nitrogen and oxygen atoms in total. The molecule has 2 aromatic carbocycles. The third kappa shape index (κ3) is 9.42. The Hall–Kier alpha value is -4.15. The van der Waals surface area contributed by atoms with Crippen molar-refractivity contribution in [2.24, 2.45) is 4.99 Å². The molecule has 1 saturated heterocycles. The number of amides is 3. The number of nitrogens with one attached hydrogen (secondary N) is 5.